The summed E-state index contributed by atoms with van der Waals surface area (Å²) >= 11 is 0. The van der Waals surface area contributed by atoms with Gasteiger partial charge in [-0.1, -0.05) is 184 Å². The first-order chi connectivity index (χ1) is 28.5. The minimum absolute atomic E-state index is 0.216. The summed E-state index contributed by atoms with van der Waals surface area (Å²) in [6, 6.07) is 78.1. The molecule has 10 aromatic carbocycles. The fourth-order valence-corrected chi connectivity index (χ4v) is 9.55. The fourth-order valence-electron chi connectivity index (χ4n) is 9.55. The smallest absolute Gasteiger partial charge is 0.0540 e. The van der Waals surface area contributed by atoms with E-state index in [0.29, 0.717) is 0 Å². The third-order valence-corrected chi connectivity index (χ3v) is 12.5. The van der Waals surface area contributed by atoms with Crippen LogP contribution in [0.15, 0.2) is 212 Å². The van der Waals surface area contributed by atoms with E-state index in [4.69, 9.17) is 0 Å². The molecule has 0 fully saturated rings. The van der Waals surface area contributed by atoms with E-state index in [1.807, 2.05) is 0 Å². The van der Waals surface area contributed by atoms with Crippen LogP contribution in [0, 0.1) is 0 Å². The van der Waals surface area contributed by atoms with Gasteiger partial charge in [-0.05, 0) is 125 Å². The minimum atomic E-state index is -0.216. The highest BCUT2D eigenvalue weighted by Crippen LogP contribution is 2.52. The maximum Gasteiger partial charge on any atom is 0.0540 e. The monoisotopic (exact) mass is 739 g/mol. The van der Waals surface area contributed by atoms with Crippen LogP contribution in [0.4, 0.5) is 17.1 Å². The quantitative estimate of drug-likeness (QED) is 0.154. The molecule has 0 saturated carbocycles. The second-order valence-electron chi connectivity index (χ2n) is 16.1. The molecule has 1 heteroatoms. The molecule has 1 aliphatic rings. The van der Waals surface area contributed by atoms with Crippen molar-refractivity contribution in [2.75, 3.05) is 4.90 Å². The molecule has 0 aromatic heterocycles. The Kier molecular flexibility index (Phi) is 7.91. The molecule has 274 valence electrons. The normalized spacial score (nSPS) is 12.8. The number of anilines is 3. The van der Waals surface area contributed by atoms with Crippen LogP contribution in [0.5, 0.6) is 0 Å². The van der Waals surface area contributed by atoms with Crippen LogP contribution >= 0.6 is 0 Å². The van der Waals surface area contributed by atoms with Gasteiger partial charge in [-0.3, -0.25) is 0 Å². The first kappa shape index (κ1) is 34.1. The summed E-state index contributed by atoms with van der Waals surface area (Å²) in [5, 5.41) is 7.67. The Labute approximate surface area is 340 Å². The van der Waals surface area contributed by atoms with Gasteiger partial charge in [0.25, 0.3) is 0 Å². The Morgan fingerprint density at radius 2 is 0.862 bits per heavy atom. The van der Waals surface area contributed by atoms with Crippen LogP contribution in [-0.2, 0) is 5.41 Å². The first-order valence-corrected chi connectivity index (χ1v) is 20.3. The molecule has 0 amide bonds. The van der Waals surface area contributed by atoms with Crippen LogP contribution in [0.3, 0.4) is 0 Å². The number of rotatable bonds is 6. The molecule has 0 spiro atoms. The first-order valence-electron chi connectivity index (χ1n) is 20.3. The third-order valence-electron chi connectivity index (χ3n) is 12.5. The van der Waals surface area contributed by atoms with Crippen molar-refractivity contribution in [3.63, 3.8) is 0 Å². The molecule has 0 unspecified atom stereocenters. The summed E-state index contributed by atoms with van der Waals surface area (Å²) in [6.07, 6.45) is 0. The van der Waals surface area contributed by atoms with Crippen LogP contribution < -0.4 is 4.90 Å². The summed E-state index contributed by atoms with van der Waals surface area (Å²) in [7, 11) is 0. The number of nitrogens with zero attached hydrogens (tertiary/aromatic N) is 1. The molecular weight excluding hydrogens is 699 g/mol. The Morgan fingerprint density at radius 1 is 0.310 bits per heavy atom. The topological polar surface area (TPSA) is 3.24 Å². The van der Waals surface area contributed by atoms with Gasteiger partial charge in [0.1, 0.15) is 0 Å². The van der Waals surface area contributed by atoms with Gasteiger partial charge in [-0.25, -0.2) is 0 Å². The lowest BCUT2D eigenvalue weighted by Crippen LogP contribution is -2.17. The lowest BCUT2D eigenvalue weighted by Gasteiger charge is -2.30. The molecule has 1 nitrogen and oxygen atoms in total. The molecule has 0 radical (unpaired) electrons. The van der Waals surface area contributed by atoms with E-state index >= 15 is 0 Å². The average molecular weight is 740 g/mol. The van der Waals surface area contributed by atoms with Crippen LogP contribution in [0.25, 0.3) is 76.8 Å². The predicted molar refractivity (Wildman–Crippen MR) is 248 cm³/mol. The molecule has 0 saturated heterocycles. The molecule has 0 aliphatic heterocycles. The number of para-hydroxylation sites is 1. The second kappa shape index (κ2) is 13.5. The zero-order chi connectivity index (χ0) is 38.8. The summed E-state index contributed by atoms with van der Waals surface area (Å²) in [5.41, 5.74) is 15.9. The fraction of sp³-hybridized carbons (Fsp3) is 0.0526. The van der Waals surface area contributed by atoms with Gasteiger partial charge >= 0.3 is 0 Å². The summed E-state index contributed by atoms with van der Waals surface area (Å²) < 4.78 is 0. The van der Waals surface area contributed by atoms with Gasteiger partial charge in [0, 0.05) is 22.4 Å². The molecule has 0 bridgehead atoms. The predicted octanol–water partition coefficient (Wildman–Crippen LogP) is 15.9. The second-order valence-corrected chi connectivity index (χ2v) is 16.1. The van der Waals surface area contributed by atoms with E-state index in [9.17, 15) is 0 Å². The van der Waals surface area contributed by atoms with Gasteiger partial charge in [-0.2, -0.15) is 0 Å². The maximum atomic E-state index is 2.46. The summed E-state index contributed by atoms with van der Waals surface area (Å²) in [4.78, 5) is 2.45. The van der Waals surface area contributed by atoms with Crippen molar-refractivity contribution in [3.8, 4) is 44.5 Å². The van der Waals surface area contributed by atoms with Crippen molar-refractivity contribution in [3.05, 3.63) is 223 Å². The molecule has 1 aliphatic carbocycles. The van der Waals surface area contributed by atoms with E-state index in [2.05, 4.69) is 231 Å². The lowest BCUT2D eigenvalue weighted by molar-refractivity contribution is 0.660. The van der Waals surface area contributed by atoms with Crippen LogP contribution in [-0.4, -0.2) is 0 Å². The maximum absolute atomic E-state index is 2.46. The number of hydrogen-bond acceptors (Lipinski definition) is 1. The minimum Gasteiger partial charge on any atom is -0.310 e. The molecular formula is C57H41N. The summed E-state index contributed by atoms with van der Waals surface area (Å²) in [6.45, 7) is 4.79. The van der Waals surface area contributed by atoms with Crippen molar-refractivity contribution in [2.24, 2.45) is 0 Å². The highest BCUT2D eigenvalue weighted by Gasteiger charge is 2.36. The van der Waals surface area contributed by atoms with Gasteiger partial charge in [-0.15, -0.1) is 0 Å². The molecule has 0 heterocycles. The third kappa shape index (κ3) is 5.46. The average Bonchev–Trinajstić information content (AvgIpc) is 3.51. The van der Waals surface area contributed by atoms with Crippen molar-refractivity contribution >= 4 is 49.4 Å². The Hall–Kier alpha value is -7.22. The van der Waals surface area contributed by atoms with E-state index in [1.54, 1.807) is 0 Å². The largest absolute Gasteiger partial charge is 0.310 e. The van der Waals surface area contributed by atoms with E-state index < -0.39 is 0 Å². The number of benzene rings is 10. The van der Waals surface area contributed by atoms with Crippen molar-refractivity contribution < 1.29 is 0 Å². The zero-order valence-corrected chi connectivity index (χ0v) is 32.7. The molecule has 0 atom stereocenters. The highest BCUT2D eigenvalue weighted by atomic mass is 15.1. The zero-order valence-electron chi connectivity index (χ0n) is 32.7. The molecule has 58 heavy (non-hydrogen) atoms. The van der Waals surface area contributed by atoms with Gasteiger partial charge < -0.3 is 4.90 Å². The van der Waals surface area contributed by atoms with Crippen molar-refractivity contribution in [2.45, 2.75) is 19.3 Å². The molecule has 10 aromatic rings. The Morgan fingerprint density at radius 3 is 1.67 bits per heavy atom. The van der Waals surface area contributed by atoms with Crippen LogP contribution in [0.1, 0.15) is 25.0 Å². The summed E-state index contributed by atoms with van der Waals surface area (Å²) in [5.74, 6) is 0. The van der Waals surface area contributed by atoms with Crippen molar-refractivity contribution in [1.29, 1.82) is 0 Å². The highest BCUT2D eigenvalue weighted by molar-refractivity contribution is 6.14. The Balaban J connectivity index is 1.05. The molecule has 11 rings (SSSR count). The van der Waals surface area contributed by atoms with E-state index in [1.165, 1.54) is 88.0 Å². The van der Waals surface area contributed by atoms with Gasteiger partial charge in [0.2, 0.25) is 0 Å². The van der Waals surface area contributed by atoms with Gasteiger partial charge in [0.15, 0.2) is 0 Å². The number of hydrogen-bond donors (Lipinski definition) is 0. The van der Waals surface area contributed by atoms with Crippen molar-refractivity contribution in [1.82, 2.24) is 0 Å². The van der Waals surface area contributed by atoms with Gasteiger partial charge in [0.05, 0.1) is 5.69 Å². The lowest BCUT2D eigenvalue weighted by atomic mass is 9.81. The Bertz CT molecular complexity index is 3180. The molecule has 0 N–H and O–H groups in total. The van der Waals surface area contributed by atoms with Crippen LogP contribution in [0.2, 0.25) is 0 Å². The standard InChI is InChI=1S/C57H41N/c1-57(2)54-36-42(53-35-41-18-7-9-21-47(41)49-23-10-11-24-50(49)53)29-33-51(54)52-34-32-44(37-55(52)57)58(56-26-13-12-22-48(56)39-15-4-3-5-16-39)43-30-27-40(28-31-43)46-25-14-19-38-17-6-8-20-45(38)46/h3-37H,1-2H3. The van der Waals surface area contributed by atoms with E-state index in [-0.39, 0.29) is 5.41 Å². The number of fused-ring (bicyclic) bond motifs is 7. The SMILES string of the molecule is CC1(C)c2cc(-c3cc4ccccc4c4ccccc34)ccc2-c2ccc(N(c3ccc(-c4cccc5ccccc45)cc3)c3ccccc3-c3ccccc3)cc21. The van der Waals surface area contributed by atoms with E-state index in [0.717, 1.165) is 17.1 Å².